The van der Waals surface area contributed by atoms with Gasteiger partial charge in [-0.3, -0.25) is 4.99 Å². The van der Waals surface area contributed by atoms with Crippen LogP contribution in [0.3, 0.4) is 0 Å². The van der Waals surface area contributed by atoms with E-state index < -0.39 is 0 Å². The fourth-order valence-electron chi connectivity index (χ4n) is 2.91. The van der Waals surface area contributed by atoms with Crippen LogP contribution in [-0.2, 0) is 14.2 Å². The fourth-order valence-corrected chi connectivity index (χ4v) is 2.91. The van der Waals surface area contributed by atoms with E-state index in [2.05, 4.69) is 34.8 Å². The molecule has 0 aromatic carbocycles. The van der Waals surface area contributed by atoms with Crippen LogP contribution >= 0.6 is 24.0 Å². The zero-order valence-corrected chi connectivity index (χ0v) is 20.1. The van der Waals surface area contributed by atoms with Gasteiger partial charge in [-0.05, 0) is 38.5 Å². The maximum Gasteiger partial charge on any atom is 0.407 e. The number of nitrogens with zero attached hydrogens (tertiary/aromatic N) is 1. The van der Waals surface area contributed by atoms with Crippen LogP contribution in [0.2, 0.25) is 0 Å². The minimum atomic E-state index is -0.378. The molecule has 0 aromatic rings. The second-order valence-electron chi connectivity index (χ2n) is 7.13. The number of hydrogen-bond donors (Lipinski definition) is 3. The molecule has 166 valence electrons. The maximum atomic E-state index is 11.7. The molecule has 0 aromatic heterocycles. The highest BCUT2D eigenvalue weighted by atomic mass is 127. The van der Waals surface area contributed by atoms with Gasteiger partial charge in [0.15, 0.2) is 5.96 Å². The summed E-state index contributed by atoms with van der Waals surface area (Å²) in [4.78, 5) is 15.9. The molecule has 8 nitrogen and oxygen atoms in total. The van der Waals surface area contributed by atoms with Crippen molar-refractivity contribution >= 4 is 36.0 Å². The van der Waals surface area contributed by atoms with Gasteiger partial charge in [0, 0.05) is 39.4 Å². The Labute approximate surface area is 186 Å². The van der Waals surface area contributed by atoms with Gasteiger partial charge in [-0.25, -0.2) is 4.79 Å². The van der Waals surface area contributed by atoms with Crippen LogP contribution in [0.5, 0.6) is 0 Å². The zero-order valence-electron chi connectivity index (χ0n) is 17.8. The minimum absolute atomic E-state index is 0. The molecule has 1 fully saturated rings. The Morgan fingerprint density at radius 2 is 2.11 bits per heavy atom. The Balaban J connectivity index is 0.00000729. The van der Waals surface area contributed by atoms with Crippen molar-refractivity contribution in [2.24, 2.45) is 10.9 Å². The number of hydrogen-bond acceptors (Lipinski definition) is 5. The molecule has 0 spiro atoms. The summed E-state index contributed by atoms with van der Waals surface area (Å²) in [5.74, 6) is 1.18. The predicted molar refractivity (Wildman–Crippen MR) is 123 cm³/mol. The standard InChI is InChI=1S/C19H38N4O4.HI/c1-5-26-19(24)23-16(12-15(2)3)13-22-18(20-4)21-9-7-10-25-14-17-8-6-11-27-17;/h15-17H,5-14H2,1-4H3,(H,23,24)(H2,20,21,22);1H. The highest BCUT2D eigenvalue weighted by Gasteiger charge is 2.16. The van der Waals surface area contributed by atoms with Gasteiger partial charge < -0.3 is 30.2 Å². The molecule has 1 aliphatic heterocycles. The fraction of sp³-hybridized carbons (Fsp3) is 0.895. The molecule has 0 aliphatic carbocycles. The molecular formula is C19H39IN4O4. The van der Waals surface area contributed by atoms with E-state index in [1.165, 1.54) is 0 Å². The average Bonchev–Trinajstić information content (AvgIpc) is 3.13. The Hall–Kier alpha value is -0.810. The van der Waals surface area contributed by atoms with Crippen molar-refractivity contribution in [1.82, 2.24) is 16.0 Å². The van der Waals surface area contributed by atoms with Gasteiger partial charge in [0.2, 0.25) is 0 Å². The van der Waals surface area contributed by atoms with Crippen molar-refractivity contribution < 1.29 is 19.0 Å². The third-order valence-electron chi connectivity index (χ3n) is 4.18. The predicted octanol–water partition coefficient (Wildman–Crippen LogP) is 2.52. The SMILES string of the molecule is CCOC(=O)NC(CNC(=NC)NCCCOCC1CCCO1)CC(C)C.I. The van der Waals surface area contributed by atoms with E-state index in [0.29, 0.717) is 38.2 Å². The van der Waals surface area contributed by atoms with E-state index in [1.807, 2.05) is 0 Å². The molecule has 1 amide bonds. The van der Waals surface area contributed by atoms with Gasteiger partial charge in [-0.1, -0.05) is 13.8 Å². The Morgan fingerprint density at radius 3 is 2.71 bits per heavy atom. The summed E-state index contributed by atoms with van der Waals surface area (Å²) >= 11 is 0. The number of alkyl carbamates (subject to hydrolysis) is 1. The van der Waals surface area contributed by atoms with Crippen LogP contribution in [0.15, 0.2) is 4.99 Å². The lowest BCUT2D eigenvalue weighted by atomic mass is 10.0. The average molecular weight is 514 g/mol. The summed E-state index contributed by atoms with van der Waals surface area (Å²) in [5.41, 5.74) is 0. The van der Waals surface area contributed by atoms with E-state index in [-0.39, 0.29) is 42.2 Å². The Kier molecular flexibility index (Phi) is 16.6. The first kappa shape index (κ1) is 27.2. The highest BCUT2D eigenvalue weighted by Crippen LogP contribution is 2.11. The molecule has 1 aliphatic rings. The van der Waals surface area contributed by atoms with Crippen LogP contribution in [0.1, 0.15) is 46.5 Å². The van der Waals surface area contributed by atoms with Crippen molar-refractivity contribution in [3.05, 3.63) is 0 Å². The summed E-state index contributed by atoms with van der Waals surface area (Å²) in [6.45, 7) is 10.0. The van der Waals surface area contributed by atoms with E-state index in [1.54, 1.807) is 14.0 Å². The topological polar surface area (TPSA) is 93.2 Å². The van der Waals surface area contributed by atoms with Crippen molar-refractivity contribution in [3.8, 4) is 0 Å². The van der Waals surface area contributed by atoms with Gasteiger partial charge in [-0.15, -0.1) is 24.0 Å². The molecule has 0 bridgehead atoms. The van der Waals surface area contributed by atoms with Gasteiger partial charge in [0.05, 0.1) is 19.3 Å². The van der Waals surface area contributed by atoms with E-state index >= 15 is 0 Å². The van der Waals surface area contributed by atoms with Gasteiger partial charge >= 0.3 is 6.09 Å². The van der Waals surface area contributed by atoms with Crippen LogP contribution < -0.4 is 16.0 Å². The third-order valence-corrected chi connectivity index (χ3v) is 4.18. The maximum absolute atomic E-state index is 11.7. The largest absolute Gasteiger partial charge is 0.450 e. The molecule has 2 atom stereocenters. The van der Waals surface area contributed by atoms with Crippen molar-refractivity contribution in [2.45, 2.75) is 58.6 Å². The summed E-state index contributed by atoms with van der Waals surface area (Å²) in [5, 5.41) is 9.44. The molecule has 28 heavy (non-hydrogen) atoms. The number of nitrogens with one attached hydrogen (secondary N) is 3. The Bertz CT molecular complexity index is 432. The lowest BCUT2D eigenvalue weighted by Crippen LogP contribution is -2.47. The van der Waals surface area contributed by atoms with E-state index in [9.17, 15) is 4.79 Å². The monoisotopic (exact) mass is 514 g/mol. The quantitative estimate of drug-likeness (QED) is 0.161. The number of amides is 1. The van der Waals surface area contributed by atoms with Crippen LogP contribution in [0, 0.1) is 5.92 Å². The first-order valence-electron chi connectivity index (χ1n) is 10.1. The van der Waals surface area contributed by atoms with Gasteiger partial charge in [-0.2, -0.15) is 0 Å². The number of carbonyl (C=O) groups excluding carboxylic acids is 1. The normalized spacial score (nSPS) is 17.8. The first-order valence-corrected chi connectivity index (χ1v) is 10.1. The summed E-state index contributed by atoms with van der Waals surface area (Å²) in [6.07, 6.45) is 3.89. The number of ether oxygens (including phenoxy) is 3. The number of rotatable bonds is 12. The summed E-state index contributed by atoms with van der Waals surface area (Å²) < 4.78 is 16.2. The second-order valence-corrected chi connectivity index (χ2v) is 7.13. The van der Waals surface area contributed by atoms with Crippen LogP contribution in [0.25, 0.3) is 0 Å². The molecule has 0 radical (unpaired) electrons. The van der Waals surface area contributed by atoms with Crippen molar-refractivity contribution in [2.75, 3.05) is 46.6 Å². The second kappa shape index (κ2) is 17.1. The number of aliphatic imine (C=N–C) groups is 1. The molecule has 1 rings (SSSR count). The summed E-state index contributed by atoms with van der Waals surface area (Å²) in [6, 6.07) is -0.0163. The lowest BCUT2D eigenvalue weighted by molar-refractivity contribution is 0.0168. The summed E-state index contributed by atoms with van der Waals surface area (Å²) in [7, 11) is 1.74. The molecule has 0 saturated carbocycles. The molecule has 9 heteroatoms. The van der Waals surface area contributed by atoms with Gasteiger partial charge in [0.1, 0.15) is 0 Å². The molecular weight excluding hydrogens is 475 g/mol. The zero-order chi connectivity index (χ0) is 19.9. The first-order chi connectivity index (χ1) is 13.0. The smallest absolute Gasteiger partial charge is 0.407 e. The minimum Gasteiger partial charge on any atom is -0.450 e. The van der Waals surface area contributed by atoms with Crippen LogP contribution in [0.4, 0.5) is 4.79 Å². The molecule has 1 heterocycles. The number of carbonyl (C=O) groups is 1. The van der Waals surface area contributed by atoms with Gasteiger partial charge in [0.25, 0.3) is 0 Å². The van der Waals surface area contributed by atoms with E-state index in [0.717, 1.165) is 38.8 Å². The van der Waals surface area contributed by atoms with Crippen LogP contribution in [-0.4, -0.2) is 70.8 Å². The number of halogens is 1. The van der Waals surface area contributed by atoms with E-state index in [4.69, 9.17) is 14.2 Å². The third kappa shape index (κ3) is 13.4. The molecule has 1 saturated heterocycles. The highest BCUT2D eigenvalue weighted by molar-refractivity contribution is 14.0. The Morgan fingerprint density at radius 1 is 1.32 bits per heavy atom. The molecule has 3 N–H and O–H groups in total. The lowest BCUT2D eigenvalue weighted by Gasteiger charge is -2.22. The molecule has 2 unspecified atom stereocenters. The van der Waals surface area contributed by atoms with Crippen molar-refractivity contribution in [1.29, 1.82) is 0 Å². The number of guanidine groups is 1. The van der Waals surface area contributed by atoms with Crippen molar-refractivity contribution in [3.63, 3.8) is 0 Å².